The van der Waals surface area contributed by atoms with Crippen LogP contribution in [0.3, 0.4) is 0 Å². The highest BCUT2D eigenvalue weighted by molar-refractivity contribution is 5.40. The van der Waals surface area contributed by atoms with Crippen molar-refractivity contribution in [3.05, 3.63) is 35.7 Å². The lowest BCUT2D eigenvalue weighted by Gasteiger charge is -2.34. The minimum Gasteiger partial charge on any atom is -0.373 e. The molecular formula is C15H18N6O. The van der Waals surface area contributed by atoms with Gasteiger partial charge in [-0.15, -0.1) is 5.10 Å². The fourth-order valence-electron chi connectivity index (χ4n) is 2.83. The molecule has 1 saturated heterocycles. The fraction of sp³-hybridized carbons (Fsp3) is 0.467. The van der Waals surface area contributed by atoms with Gasteiger partial charge in [0.1, 0.15) is 0 Å². The fourth-order valence-corrected chi connectivity index (χ4v) is 2.83. The Balaban J connectivity index is 1.81. The molecule has 0 amide bonds. The van der Waals surface area contributed by atoms with Crippen LogP contribution in [0.4, 0.5) is 0 Å². The van der Waals surface area contributed by atoms with Crippen molar-refractivity contribution in [1.82, 2.24) is 25.1 Å². The smallest absolute Gasteiger partial charge is 0.170 e. The van der Waals surface area contributed by atoms with E-state index in [9.17, 15) is 0 Å². The molecular weight excluding hydrogens is 280 g/mol. The quantitative estimate of drug-likeness (QED) is 0.845. The van der Waals surface area contributed by atoms with Gasteiger partial charge >= 0.3 is 0 Å². The van der Waals surface area contributed by atoms with Crippen LogP contribution in [0.5, 0.6) is 0 Å². The molecule has 1 aliphatic rings. The number of hydrogen-bond acceptors (Lipinski definition) is 6. The number of aromatic nitrogens is 4. The van der Waals surface area contributed by atoms with Crippen LogP contribution in [0.15, 0.2) is 24.3 Å². The Bertz CT molecular complexity index is 681. The predicted molar refractivity (Wildman–Crippen MR) is 79.2 cm³/mol. The van der Waals surface area contributed by atoms with Crippen LogP contribution in [0, 0.1) is 11.3 Å². The van der Waals surface area contributed by atoms with Gasteiger partial charge in [-0.1, -0.05) is 6.07 Å². The molecule has 22 heavy (non-hydrogen) atoms. The summed E-state index contributed by atoms with van der Waals surface area (Å²) in [4.78, 5) is 2.29. The zero-order chi connectivity index (χ0) is 15.5. The third-order valence-corrected chi connectivity index (χ3v) is 3.61. The van der Waals surface area contributed by atoms with Crippen molar-refractivity contribution in [3.8, 4) is 11.8 Å². The summed E-state index contributed by atoms with van der Waals surface area (Å²) < 4.78 is 7.43. The standard InChI is InChI=1S/C15H18N6O/c1-11-8-20(9-12(2)22-11)10-15-17-18-19-21(15)14-5-3-4-13(6-14)7-16/h3-6,11-12H,8-10H2,1-2H3. The predicted octanol–water partition coefficient (Wildman–Crippen LogP) is 1.14. The van der Waals surface area contributed by atoms with E-state index < -0.39 is 0 Å². The lowest BCUT2D eigenvalue weighted by molar-refractivity contribution is -0.0712. The van der Waals surface area contributed by atoms with Crippen LogP contribution in [0.2, 0.25) is 0 Å². The van der Waals surface area contributed by atoms with E-state index in [0.29, 0.717) is 12.1 Å². The molecule has 0 aliphatic carbocycles. The van der Waals surface area contributed by atoms with E-state index in [1.807, 2.05) is 12.1 Å². The maximum Gasteiger partial charge on any atom is 0.170 e. The number of morpholine rings is 1. The second kappa shape index (κ2) is 6.22. The van der Waals surface area contributed by atoms with Gasteiger partial charge in [-0.25, -0.2) is 0 Å². The molecule has 1 fully saturated rings. The summed E-state index contributed by atoms with van der Waals surface area (Å²) in [6.45, 7) is 6.51. The van der Waals surface area contributed by atoms with Gasteiger partial charge in [-0.05, 0) is 42.5 Å². The molecule has 7 nitrogen and oxygen atoms in total. The molecule has 1 aromatic carbocycles. The van der Waals surface area contributed by atoms with Gasteiger partial charge in [0.25, 0.3) is 0 Å². The number of benzene rings is 1. The van der Waals surface area contributed by atoms with Crippen molar-refractivity contribution in [2.24, 2.45) is 0 Å². The normalized spacial score (nSPS) is 22.4. The lowest BCUT2D eigenvalue weighted by Crippen LogP contribution is -2.45. The van der Waals surface area contributed by atoms with Gasteiger partial charge in [0.15, 0.2) is 5.82 Å². The van der Waals surface area contributed by atoms with E-state index in [-0.39, 0.29) is 12.2 Å². The van der Waals surface area contributed by atoms with E-state index in [2.05, 4.69) is 40.3 Å². The number of nitriles is 1. The number of hydrogen-bond donors (Lipinski definition) is 0. The van der Waals surface area contributed by atoms with Crippen LogP contribution >= 0.6 is 0 Å². The van der Waals surface area contributed by atoms with Gasteiger partial charge in [0, 0.05) is 13.1 Å². The molecule has 0 spiro atoms. The molecule has 7 heteroatoms. The van der Waals surface area contributed by atoms with E-state index in [1.54, 1.807) is 16.8 Å². The minimum absolute atomic E-state index is 0.204. The Morgan fingerprint density at radius 2 is 2.09 bits per heavy atom. The van der Waals surface area contributed by atoms with Gasteiger partial charge in [0.2, 0.25) is 0 Å². The summed E-state index contributed by atoms with van der Waals surface area (Å²) in [5, 5.41) is 21.0. The summed E-state index contributed by atoms with van der Waals surface area (Å²) >= 11 is 0. The second-order valence-electron chi connectivity index (χ2n) is 5.62. The molecule has 3 rings (SSSR count). The second-order valence-corrected chi connectivity index (χ2v) is 5.62. The first-order valence-electron chi connectivity index (χ1n) is 7.31. The molecule has 2 unspecified atom stereocenters. The molecule has 0 bridgehead atoms. The Morgan fingerprint density at radius 3 is 2.82 bits per heavy atom. The van der Waals surface area contributed by atoms with Crippen LogP contribution < -0.4 is 0 Å². The average molecular weight is 298 g/mol. The third-order valence-electron chi connectivity index (χ3n) is 3.61. The molecule has 0 radical (unpaired) electrons. The first kappa shape index (κ1) is 14.6. The average Bonchev–Trinajstić information content (AvgIpc) is 2.94. The summed E-state index contributed by atoms with van der Waals surface area (Å²) in [5.74, 6) is 0.761. The van der Waals surface area contributed by atoms with Crippen molar-refractivity contribution in [2.45, 2.75) is 32.6 Å². The summed E-state index contributed by atoms with van der Waals surface area (Å²) in [7, 11) is 0. The Hall–Kier alpha value is -2.30. The Labute approximate surface area is 129 Å². The number of ether oxygens (including phenoxy) is 1. The van der Waals surface area contributed by atoms with E-state index in [1.165, 1.54) is 0 Å². The molecule has 1 aliphatic heterocycles. The minimum atomic E-state index is 0.204. The summed E-state index contributed by atoms with van der Waals surface area (Å²) in [5.41, 5.74) is 1.39. The largest absolute Gasteiger partial charge is 0.373 e. The van der Waals surface area contributed by atoms with E-state index in [4.69, 9.17) is 10.00 Å². The molecule has 2 aromatic rings. The Morgan fingerprint density at radius 1 is 1.32 bits per heavy atom. The molecule has 2 atom stereocenters. The van der Waals surface area contributed by atoms with Crippen LogP contribution in [0.25, 0.3) is 5.69 Å². The number of nitrogens with zero attached hydrogens (tertiary/aromatic N) is 6. The molecule has 1 aromatic heterocycles. The zero-order valence-electron chi connectivity index (χ0n) is 12.7. The third kappa shape index (κ3) is 3.13. The zero-order valence-corrected chi connectivity index (χ0v) is 12.7. The number of rotatable bonds is 3. The van der Waals surface area contributed by atoms with Gasteiger partial charge in [0.05, 0.1) is 36.1 Å². The van der Waals surface area contributed by atoms with E-state index >= 15 is 0 Å². The molecule has 114 valence electrons. The van der Waals surface area contributed by atoms with Crippen LogP contribution in [-0.4, -0.2) is 50.4 Å². The highest BCUT2D eigenvalue weighted by Crippen LogP contribution is 2.15. The van der Waals surface area contributed by atoms with Crippen molar-refractivity contribution >= 4 is 0 Å². The maximum absolute atomic E-state index is 9.02. The van der Waals surface area contributed by atoms with Crippen molar-refractivity contribution in [3.63, 3.8) is 0 Å². The van der Waals surface area contributed by atoms with E-state index in [0.717, 1.165) is 24.6 Å². The first-order chi connectivity index (χ1) is 10.7. The monoisotopic (exact) mass is 298 g/mol. The van der Waals surface area contributed by atoms with Crippen LogP contribution in [-0.2, 0) is 11.3 Å². The van der Waals surface area contributed by atoms with Gasteiger partial charge in [-0.2, -0.15) is 9.94 Å². The summed E-state index contributed by atoms with van der Waals surface area (Å²) in [6, 6.07) is 9.40. The van der Waals surface area contributed by atoms with Gasteiger partial charge < -0.3 is 4.74 Å². The topological polar surface area (TPSA) is 79.9 Å². The molecule has 0 N–H and O–H groups in total. The number of tetrazole rings is 1. The van der Waals surface area contributed by atoms with Crippen molar-refractivity contribution in [2.75, 3.05) is 13.1 Å². The first-order valence-corrected chi connectivity index (χ1v) is 7.31. The summed E-state index contributed by atoms with van der Waals surface area (Å²) in [6.07, 6.45) is 0.407. The van der Waals surface area contributed by atoms with Gasteiger partial charge in [-0.3, -0.25) is 4.90 Å². The van der Waals surface area contributed by atoms with Crippen molar-refractivity contribution < 1.29 is 4.74 Å². The van der Waals surface area contributed by atoms with Crippen molar-refractivity contribution in [1.29, 1.82) is 5.26 Å². The highest BCUT2D eigenvalue weighted by atomic mass is 16.5. The molecule has 2 heterocycles. The molecule has 0 saturated carbocycles. The lowest BCUT2D eigenvalue weighted by atomic mass is 10.2. The van der Waals surface area contributed by atoms with Crippen LogP contribution in [0.1, 0.15) is 25.2 Å². The SMILES string of the molecule is CC1CN(Cc2nnnn2-c2cccc(C#N)c2)CC(C)O1. The Kier molecular flexibility index (Phi) is 4.13. The maximum atomic E-state index is 9.02. The highest BCUT2D eigenvalue weighted by Gasteiger charge is 2.24.